The molecule has 6 amide bonds. The highest BCUT2D eigenvalue weighted by molar-refractivity contribution is 6.37. The number of carbonyl (C=O) groups excluding carboxylic acids is 6. The molecule has 7 atom stereocenters. The molecule has 2 saturated heterocycles. The Bertz CT molecular complexity index is 1440. The van der Waals surface area contributed by atoms with Crippen LogP contribution in [-0.4, -0.2) is 93.8 Å². The van der Waals surface area contributed by atoms with Crippen molar-refractivity contribution in [3.8, 4) is 0 Å². The SMILES string of the molecule is CC1(C)CC(=O)N(C[C@@H](NC(=O)N[C@H](C(=O)N2CC3C=CC(C)(C)[C@@H]3[C@H]2C(=O)NC(CC2CC2)C(=O)C(N)=O)C2CCCCC2)C(C)(C)C)C(O)C1. The number of likely N-dealkylation sites (tertiary alicyclic amines) is 2. The number of allylic oxidation sites excluding steroid dienone is 1. The van der Waals surface area contributed by atoms with Crippen molar-refractivity contribution >= 4 is 35.4 Å². The van der Waals surface area contributed by atoms with Gasteiger partial charge in [0.25, 0.3) is 5.91 Å². The topological polar surface area (TPSA) is 191 Å². The number of rotatable bonds is 12. The van der Waals surface area contributed by atoms with Gasteiger partial charge in [-0.2, -0.15) is 0 Å². The van der Waals surface area contributed by atoms with Gasteiger partial charge in [-0.3, -0.25) is 24.0 Å². The fraction of sp³-hybridized carbons (Fsp3) is 0.795. The number of urea groups is 1. The largest absolute Gasteiger partial charge is 0.374 e. The molecule has 0 aromatic rings. The molecule has 0 bridgehead atoms. The van der Waals surface area contributed by atoms with Gasteiger partial charge in [0.15, 0.2) is 0 Å². The van der Waals surface area contributed by atoms with Crippen LogP contribution in [-0.2, 0) is 24.0 Å². The second-order valence-corrected chi connectivity index (χ2v) is 18.8. The van der Waals surface area contributed by atoms with E-state index in [-0.39, 0.29) is 54.0 Å². The third-order valence-electron chi connectivity index (χ3n) is 12.3. The molecule has 13 nitrogen and oxygen atoms in total. The van der Waals surface area contributed by atoms with Crippen molar-refractivity contribution in [2.75, 3.05) is 13.1 Å². The second-order valence-electron chi connectivity index (χ2n) is 18.8. The number of primary amides is 1. The van der Waals surface area contributed by atoms with Crippen LogP contribution in [0.15, 0.2) is 12.2 Å². The summed E-state index contributed by atoms with van der Waals surface area (Å²) in [5.74, 6) is -3.26. The lowest BCUT2D eigenvalue weighted by atomic mass is 9.75. The van der Waals surface area contributed by atoms with E-state index in [1.165, 1.54) is 4.90 Å². The number of carbonyl (C=O) groups is 6. The first-order chi connectivity index (χ1) is 24.2. The Kier molecular flexibility index (Phi) is 11.5. The molecule has 2 aliphatic heterocycles. The maximum absolute atomic E-state index is 14.9. The minimum absolute atomic E-state index is 0.104. The summed E-state index contributed by atoms with van der Waals surface area (Å²) in [6, 6.07) is -4.01. The normalized spacial score (nSPS) is 28.8. The average Bonchev–Trinajstić information content (AvgIpc) is 3.69. The van der Waals surface area contributed by atoms with Crippen LogP contribution in [0.5, 0.6) is 0 Å². The highest BCUT2D eigenvalue weighted by atomic mass is 16.3. The monoisotopic (exact) mass is 726 g/mol. The Hall–Kier alpha value is -3.48. The van der Waals surface area contributed by atoms with Gasteiger partial charge in [0.05, 0.1) is 12.1 Å². The molecule has 0 aromatic carbocycles. The van der Waals surface area contributed by atoms with Gasteiger partial charge in [0.2, 0.25) is 23.5 Å². The summed E-state index contributed by atoms with van der Waals surface area (Å²) in [5.41, 5.74) is 4.12. The van der Waals surface area contributed by atoms with Gasteiger partial charge in [-0.05, 0) is 53.8 Å². The molecule has 290 valence electrons. The number of nitrogens with two attached hydrogens (primary N) is 1. The third-order valence-corrected chi connectivity index (χ3v) is 12.3. The van der Waals surface area contributed by atoms with Crippen LogP contribution >= 0.6 is 0 Å². The van der Waals surface area contributed by atoms with Crippen LogP contribution in [0.25, 0.3) is 0 Å². The van der Waals surface area contributed by atoms with Crippen molar-refractivity contribution in [1.29, 1.82) is 0 Å². The first kappa shape index (κ1) is 39.7. The minimum atomic E-state index is -1.10. The van der Waals surface area contributed by atoms with E-state index in [0.29, 0.717) is 19.3 Å². The van der Waals surface area contributed by atoms with Gasteiger partial charge < -0.3 is 36.6 Å². The molecule has 3 unspecified atom stereocenters. The van der Waals surface area contributed by atoms with E-state index in [9.17, 15) is 33.9 Å². The number of fused-ring (bicyclic) bond motifs is 1. The molecular weight excluding hydrogens is 664 g/mol. The number of nitrogens with zero attached hydrogens (tertiary/aromatic N) is 2. The first-order valence-electron chi connectivity index (χ1n) is 19.4. The van der Waals surface area contributed by atoms with Gasteiger partial charge in [0.1, 0.15) is 18.3 Å². The Morgan fingerprint density at radius 3 is 2.21 bits per heavy atom. The van der Waals surface area contributed by atoms with Gasteiger partial charge in [-0.25, -0.2) is 4.79 Å². The first-order valence-corrected chi connectivity index (χ1v) is 19.4. The van der Waals surface area contributed by atoms with Crippen LogP contribution in [0.1, 0.15) is 113 Å². The molecule has 0 radical (unpaired) electrons. The minimum Gasteiger partial charge on any atom is -0.374 e. The van der Waals surface area contributed by atoms with Crippen molar-refractivity contribution in [2.45, 2.75) is 143 Å². The molecular formula is C39H62N6O7. The molecule has 0 spiro atoms. The summed E-state index contributed by atoms with van der Waals surface area (Å²) >= 11 is 0. The molecule has 52 heavy (non-hydrogen) atoms. The summed E-state index contributed by atoms with van der Waals surface area (Å²) in [6.45, 7) is 14.2. The summed E-state index contributed by atoms with van der Waals surface area (Å²) in [6.07, 6.45) is 10.4. The molecule has 2 heterocycles. The van der Waals surface area contributed by atoms with Gasteiger partial charge in [0, 0.05) is 31.3 Å². The van der Waals surface area contributed by atoms with Crippen LogP contribution < -0.4 is 21.7 Å². The van der Waals surface area contributed by atoms with E-state index >= 15 is 0 Å². The van der Waals surface area contributed by atoms with Gasteiger partial charge >= 0.3 is 6.03 Å². The lowest BCUT2D eigenvalue weighted by Gasteiger charge is -2.44. The Labute approximate surface area is 308 Å². The maximum atomic E-state index is 14.9. The lowest BCUT2D eigenvalue weighted by Crippen LogP contribution is -2.62. The zero-order valence-corrected chi connectivity index (χ0v) is 32.2. The van der Waals surface area contributed by atoms with Crippen LogP contribution in [0, 0.1) is 39.9 Å². The van der Waals surface area contributed by atoms with E-state index in [1.54, 1.807) is 4.90 Å². The predicted molar refractivity (Wildman–Crippen MR) is 195 cm³/mol. The van der Waals surface area contributed by atoms with E-state index in [4.69, 9.17) is 5.73 Å². The molecule has 2 saturated carbocycles. The zero-order chi connectivity index (χ0) is 38.3. The molecule has 4 fully saturated rings. The third kappa shape index (κ3) is 8.99. The van der Waals surface area contributed by atoms with Gasteiger partial charge in [-0.1, -0.05) is 92.7 Å². The van der Waals surface area contributed by atoms with Crippen molar-refractivity contribution in [2.24, 2.45) is 45.7 Å². The number of hydrogen-bond acceptors (Lipinski definition) is 7. The smallest absolute Gasteiger partial charge is 0.315 e. The standard InChI is InChI=1S/C39H62N6O7/c1-37(2,3)26(21-44-27(46)18-38(4,5)19-28(44)47)42-36(52)43-30(23-11-9-8-10-12-23)35(51)45-20-24-15-16-39(6,7)29(24)31(45)34(50)41-25(17-22-13-14-22)32(48)33(40)49/h15-16,22-27,29-31,46H,8-14,17-21H2,1-7H3,(H2,40,49)(H,41,50)(H2,42,43,52)/t24?,25?,26-,27?,29+,30+,31+/m1/s1. The van der Waals surface area contributed by atoms with Crippen LogP contribution in [0.4, 0.5) is 4.79 Å². The highest BCUT2D eigenvalue weighted by Gasteiger charge is 2.56. The summed E-state index contributed by atoms with van der Waals surface area (Å²) in [4.78, 5) is 84.0. The zero-order valence-electron chi connectivity index (χ0n) is 32.2. The number of ketones is 1. The van der Waals surface area contributed by atoms with Crippen LogP contribution in [0.2, 0.25) is 0 Å². The Morgan fingerprint density at radius 2 is 1.63 bits per heavy atom. The maximum Gasteiger partial charge on any atom is 0.315 e. The van der Waals surface area contributed by atoms with Crippen molar-refractivity contribution in [3.05, 3.63) is 12.2 Å². The Morgan fingerprint density at radius 1 is 0.981 bits per heavy atom. The summed E-state index contributed by atoms with van der Waals surface area (Å²) < 4.78 is 0. The number of aliphatic hydroxyl groups is 1. The number of Topliss-reactive ketones (excluding diaryl/α,β-unsaturated/α-hetero) is 1. The van der Waals surface area contributed by atoms with E-state index in [0.717, 1.165) is 44.9 Å². The lowest BCUT2D eigenvalue weighted by molar-refractivity contribution is -0.155. The average molecular weight is 727 g/mol. The molecule has 13 heteroatoms. The molecule has 5 aliphatic rings. The number of piperidine rings is 1. The van der Waals surface area contributed by atoms with Crippen molar-refractivity contribution in [3.63, 3.8) is 0 Å². The van der Waals surface area contributed by atoms with Crippen molar-refractivity contribution in [1.82, 2.24) is 25.8 Å². The fourth-order valence-corrected chi connectivity index (χ4v) is 9.06. The summed E-state index contributed by atoms with van der Waals surface area (Å²) in [7, 11) is 0. The number of aliphatic hydroxyl groups excluding tert-OH is 1. The quantitative estimate of drug-likeness (QED) is 0.151. The van der Waals surface area contributed by atoms with Crippen LogP contribution in [0.3, 0.4) is 0 Å². The number of hydrogen-bond donors (Lipinski definition) is 5. The Balaban J connectivity index is 1.38. The molecule has 5 rings (SSSR count). The van der Waals surface area contributed by atoms with Crippen molar-refractivity contribution < 1.29 is 33.9 Å². The summed E-state index contributed by atoms with van der Waals surface area (Å²) in [5, 5.41) is 19.8. The fourth-order valence-electron chi connectivity index (χ4n) is 9.06. The van der Waals surface area contributed by atoms with Gasteiger partial charge in [-0.15, -0.1) is 0 Å². The van der Waals surface area contributed by atoms with E-state index < -0.39 is 64.9 Å². The van der Waals surface area contributed by atoms with E-state index in [1.807, 2.05) is 48.5 Å². The molecule has 6 N–H and O–H groups in total. The number of amides is 6. The number of nitrogens with one attached hydrogen (secondary N) is 3. The molecule has 0 aromatic heterocycles. The van der Waals surface area contributed by atoms with E-state index in [2.05, 4.69) is 28.1 Å². The highest BCUT2D eigenvalue weighted by Crippen LogP contribution is 2.49. The molecule has 3 aliphatic carbocycles. The predicted octanol–water partition coefficient (Wildman–Crippen LogP) is 2.99. The second kappa shape index (κ2) is 15.1.